The molecule has 1 amide bonds. The van der Waals surface area contributed by atoms with Crippen LogP contribution in [0.2, 0.25) is 0 Å². The molecule has 2 aliphatic rings. The van der Waals surface area contributed by atoms with Gasteiger partial charge in [0.1, 0.15) is 17.3 Å². The highest BCUT2D eigenvalue weighted by Crippen LogP contribution is 2.20. The van der Waals surface area contributed by atoms with Crippen LogP contribution in [0.1, 0.15) is 48.4 Å². The minimum Gasteiger partial charge on any atom is -0.370 e. The number of nitrogens with zero attached hydrogens (tertiary/aromatic N) is 4. The van der Waals surface area contributed by atoms with Crippen molar-refractivity contribution in [2.45, 2.75) is 39.0 Å². The number of rotatable bonds is 5. The molecular weight excluding hydrogens is 314 g/mol. The van der Waals surface area contributed by atoms with Gasteiger partial charge in [0.25, 0.3) is 5.91 Å². The molecule has 0 saturated carbocycles. The van der Waals surface area contributed by atoms with Crippen molar-refractivity contribution in [3.63, 3.8) is 0 Å². The number of aromatic nitrogens is 2. The summed E-state index contributed by atoms with van der Waals surface area (Å²) in [5.41, 5.74) is 2.04. The summed E-state index contributed by atoms with van der Waals surface area (Å²) in [4.78, 5) is 25.6. The Morgan fingerprint density at radius 1 is 1.20 bits per heavy atom. The Morgan fingerprint density at radius 2 is 2.00 bits per heavy atom. The SMILES string of the molecule is Cc1nc(NCCC2=CCCCC2)cc(C(=O)N2CCN(C)CC2)n1. The highest BCUT2D eigenvalue weighted by atomic mass is 16.2. The standard InChI is InChI=1S/C19H29N5O/c1-15-21-17(19(25)24-12-10-23(2)11-13-24)14-18(22-15)20-9-8-16-6-4-3-5-7-16/h6,14H,3-5,7-13H2,1-2H3,(H,20,21,22). The first-order valence-corrected chi connectivity index (χ1v) is 9.37. The molecule has 1 aromatic heterocycles. The number of anilines is 1. The molecule has 0 unspecified atom stereocenters. The van der Waals surface area contributed by atoms with Gasteiger partial charge in [-0.1, -0.05) is 11.6 Å². The van der Waals surface area contributed by atoms with Crippen molar-refractivity contribution in [2.24, 2.45) is 0 Å². The summed E-state index contributed by atoms with van der Waals surface area (Å²) in [7, 11) is 2.08. The molecule has 3 rings (SSSR count). The van der Waals surface area contributed by atoms with E-state index in [1.165, 1.54) is 25.7 Å². The van der Waals surface area contributed by atoms with Crippen LogP contribution in [0.5, 0.6) is 0 Å². The Kier molecular flexibility index (Phi) is 6.02. The predicted octanol–water partition coefficient (Wildman–Crippen LogP) is 2.48. The molecule has 1 aliphatic heterocycles. The molecule has 1 N–H and O–H groups in total. The van der Waals surface area contributed by atoms with Crippen LogP contribution < -0.4 is 5.32 Å². The van der Waals surface area contributed by atoms with Crippen LogP contribution in [0.25, 0.3) is 0 Å². The van der Waals surface area contributed by atoms with Crippen LogP contribution in [-0.4, -0.2) is 65.4 Å². The minimum absolute atomic E-state index is 0.0108. The van der Waals surface area contributed by atoms with E-state index < -0.39 is 0 Å². The van der Waals surface area contributed by atoms with Gasteiger partial charge in [-0.3, -0.25) is 4.79 Å². The van der Waals surface area contributed by atoms with Crippen molar-refractivity contribution in [2.75, 3.05) is 45.1 Å². The largest absolute Gasteiger partial charge is 0.370 e. The third-order valence-corrected chi connectivity index (χ3v) is 4.98. The van der Waals surface area contributed by atoms with Crippen LogP contribution in [0.3, 0.4) is 0 Å². The van der Waals surface area contributed by atoms with E-state index in [9.17, 15) is 4.79 Å². The third-order valence-electron chi connectivity index (χ3n) is 4.98. The van der Waals surface area contributed by atoms with E-state index in [0.717, 1.165) is 45.0 Å². The Bertz CT molecular complexity index is 635. The Labute approximate surface area is 150 Å². The summed E-state index contributed by atoms with van der Waals surface area (Å²) in [5, 5.41) is 3.37. The second kappa shape index (κ2) is 8.43. The van der Waals surface area contributed by atoms with E-state index in [1.807, 2.05) is 11.8 Å². The Morgan fingerprint density at radius 3 is 2.72 bits per heavy atom. The van der Waals surface area contributed by atoms with Crippen molar-refractivity contribution in [3.8, 4) is 0 Å². The lowest BCUT2D eigenvalue weighted by molar-refractivity contribution is 0.0658. The average Bonchev–Trinajstić information content (AvgIpc) is 2.62. The summed E-state index contributed by atoms with van der Waals surface area (Å²) in [6.45, 7) is 6.04. The van der Waals surface area contributed by atoms with E-state index in [-0.39, 0.29) is 5.91 Å². The molecule has 0 spiro atoms. The average molecular weight is 343 g/mol. The van der Waals surface area contributed by atoms with Gasteiger partial charge in [0, 0.05) is 38.8 Å². The van der Waals surface area contributed by atoms with Gasteiger partial charge < -0.3 is 15.1 Å². The van der Waals surface area contributed by atoms with Crippen LogP contribution in [0, 0.1) is 6.92 Å². The maximum absolute atomic E-state index is 12.7. The molecule has 1 saturated heterocycles. The summed E-state index contributed by atoms with van der Waals surface area (Å²) in [6.07, 6.45) is 8.48. The number of hydrogen-bond acceptors (Lipinski definition) is 5. The molecule has 2 heterocycles. The first-order valence-electron chi connectivity index (χ1n) is 9.37. The number of piperazine rings is 1. The monoisotopic (exact) mass is 343 g/mol. The van der Waals surface area contributed by atoms with Gasteiger partial charge in [-0.25, -0.2) is 9.97 Å². The van der Waals surface area contributed by atoms with Crippen molar-refractivity contribution in [1.82, 2.24) is 19.8 Å². The molecule has 0 aromatic carbocycles. The van der Waals surface area contributed by atoms with E-state index in [0.29, 0.717) is 11.5 Å². The quantitative estimate of drug-likeness (QED) is 0.832. The fourth-order valence-electron chi connectivity index (χ4n) is 3.42. The van der Waals surface area contributed by atoms with Crippen molar-refractivity contribution < 1.29 is 4.79 Å². The van der Waals surface area contributed by atoms with Crippen LogP contribution >= 0.6 is 0 Å². The van der Waals surface area contributed by atoms with Gasteiger partial charge in [0.05, 0.1) is 0 Å². The number of amides is 1. The van der Waals surface area contributed by atoms with Gasteiger partial charge in [-0.2, -0.15) is 0 Å². The lowest BCUT2D eigenvalue weighted by atomic mass is 9.97. The van der Waals surface area contributed by atoms with Crippen molar-refractivity contribution in [3.05, 3.63) is 29.2 Å². The molecular formula is C19H29N5O. The predicted molar refractivity (Wildman–Crippen MR) is 99.8 cm³/mol. The molecule has 25 heavy (non-hydrogen) atoms. The molecule has 6 nitrogen and oxygen atoms in total. The van der Waals surface area contributed by atoms with Crippen molar-refractivity contribution >= 4 is 11.7 Å². The zero-order chi connectivity index (χ0) is 17.6. The minimum atomic E-state index is 0.0108. The molecule has 1 aliphatic carbocycles. The van der Waals surface area contributed by atoms with E-state index in [4.69, 9.17) is 0 Å². The zero-order valence-corrected chi connectivity index (χ0v) is 15.4. The topological polar surface area (TPSA) is 61.4 Å². The maximum Gasteiger partial charge on any atom is 0.272 e. The zero-order valence-electron chi connectivity index (χ0n) is 15.4. The van der Waals surface area contributed by atoms with Gasteiger partial charge in [-0.05, 0) is 46.1 Å². The summed E-state index contributed by atoms with van der Waals surface area (Å²) < 4.78 is 0. The van der Waals surface area contributed by atoms with Gasteiger partial charge in [0.2, 0.25) is 0 Å². The first-order chi connectivity index (χ1) is 12.1. The molecule has 1 fully saturated rings. The molecule has 0 atom stereocenters. The van der Waals surface area contributed by atoms with E-state index in [2.05, 4.69) is 33.3 Å². The van der Waals surface area contributed by atoms with Gasteiger partial charge >= 0.3 is 0 Å². The molecule has 136 valence electrons. The number of allylic oxidation sites excluding steroid dienone is 1. The second-order valence-corrected chi connectivity index (χ2v) is 7.07. The van der Waals surface area contributed by atoms with Gasteiger partial charge in [0.15, 0.2) is 0 Å². The molecule has 0 bridgehead atoms. The number of aryl methyl sites for hydroxylation is 1. The molecule has 6 heteroatoms. The second-order valence-electron chi connectivity index (χ2n) is 7.07. The summed E-state index contributed by atoms with van der Waals surface area (Å²) in [6, 6.07) is 1.79. The van der Waals surface area contributed by atoms with Crippen LogP contribution in [0.4, 0.5) is 5.82 Å². The maximum atomic E-state index is 12.7. The fraction of sp³-hybridized carbons (Fsp3) is 0.632. The first kappa shape index (κ1) is 17.9. The lowest BCUT2D eigenvalue weighted by Crippen LogP contribution is -2.47. The Balaban J connectivity index is 1.59. The van der Waals surface area contributed by atoms with Crippen molar-refractivity contribution in [1.29, 1.82) is 0 Å². The van der Waals surface area contributed by atoms with Crippen LogP contribution in [0.15, 0.2) is 17.7 Å². The van der Waals surface area contributed by atoms with Gasteiger partial charge in [-0.15, -0.1) is 0 Å². The normalized spacial score (nSPS) is 18.8. The van der Waals surface area contributed by atoms with E-state index >= 15 is 0 Å². The number of hydrogen-bond donors (Lipinski definition) is 1. The third kappa shape index (κ3) is 5.01. The highest BCUT2D eigenvalue weighted by molar-refractivity contribution is 5.93. The number of carbonyl (C=O) groups excluding carboxylic acids is 1. The number of likely N-dealkylation sites (N-methyl/N-ethyl adjacent to an activating group) is 1. The number of nitrogens with one attached hydrogen (secondary N) is 1. The van der Waals surface area contributed by atoms with Crippen LogP contribution in [-0.2, 0) is 0 Å². The molecule has 0 radical (unpaired) electrons. The Hall–Kier alpha value is -1.95. The summed E-state index contributed by atoms with van der Waals surface area (Å²) >= 11 is 0. The summed E-state index contributed by atoms with van der Waals surface area (Å²) in [5.74, 6) is 1.40. The van der Waals surface area contributed by atoms with E-state index in [1.54, 1.807) is 11.6 Å². The highest BCUT2D eigenvalue weighted by Gasteiger charge is 2.22. The molecule has 1 aromatic rings. The number of carbonyl (C=O) groups is 1. The smallest absolute Gasteiger partial charge is 0.272 e. The fourth-order valence-corrected chi connectivity index (χ4v) is 3.42. The lowest BCUT2D eigenvalue weighted by Gasteiger charge is -2.32.